The minimum absolute atomic E-state index is 0.195. The van der Waals surface area contributed by atoms with Crippen LogP contribution in [0.4, 0.5) is 0 Å². The second kappa shape index (κ2) is 4.49. The lowest BCUT2D eigenvalue weighted by Gasteiger charge is -2.35. The lowest BCUT2D eigenvalue weighted by atomic mass is 9.69. The Hall–Kier alpha value is -1.52. The van der Waals surface area contributed by atoms with Gasteiger partial charge in [-0.05, 0) is 31.6 Å². The molecule has 0 unspecified atom stereocenters. The third-order valence-electron chi connectivity index (χ3n) is 4.96. The van der Waals surface area contributed by atoms with E-state index in [2.05, 4.69) is 0 Å². The Balaban J connectivity index is 1.90. The van der Waals surface area contributed by atoms with E-state index in [-0.39, 0.29) is 6.10 Å². The van der Waals surface area contributed by atoms with E-state index in [4.69, 9.17) is 13.6 Å². The molecule has 0 amide bonds. The van der Waals surface area contributed by atoms with Crippen LogP contribution in [0.5, 0.6) is 11.5 Å². The minimum Gasteiger partial charge on any atom is -0.493 e. The lowest BCUT2D eigenvalue weighted by molar-refractivity contribution is 0.0821. The molecule has 1 spiro atoms. The van der Waals surface area contributed by atoms with Gasteiger partial charge in [0.15, 0.2) is 11.5 Å². The lowest BCUT2D eigenvalue weighted by Crippen LogP contribution is -2.42. The summed E-state index contributed by atoms with van der Waals surface area (Å²) in [6.07, 6.45) is 4.24. The number of aliphatic hydroxyl groups excluding tert-OH is 1. The highest BCUT2D eigenvalue weighted by Crippen LogP contribution is 2.55. The fourth-order valence-corrected chi connectivity index (χ4v) is 3.94. The van der Waals surface area contributed by atoms with Crippen LogP contribution < -0.4 is 9.47 Å². The minimum atomic E-state index is -2.13. The van der Waals surface area contributed by atoms with Crippen LogP contribution in [-0.4, -0.2) is 42.8 Å². The van der Waals surface area contributed by atoms with Gasteiger partial charge in [0.05, 0.1) is 18.6 Å². The van der Waals surface area contributed by atoms with Crippen LogP contribution in [0.15, 0.2) is 24.3 Å². The molecule has 0 radical (unpaired) electrons. The summed E-state index contributed by atoms with van der Waals surface area (Å²) in [7, 11) is 1.60. The molecule has 1 aromatic rings. The van der Waals surface area contributed by atoms with Crippen molar-refractivity contribution in [1.29, 1.82) is 0 Å². The van der Waals surface area contributed by atoms with Gasteiger partial charge in [-0.25, -0.2) is 0 Å². The number of rotatable bonds is 1. The molecule has 1 N–H and O–H groups in total. The van der Waals surface area contributed by atoms with Crippen molar-refractivity contribution in [3.63, 3.8) is 0 Å². The van der Waals surface area contributed by atoms with Gasteiger partial charge in [-0.2, -0.15) is 0 Å². The van der Waals surface area contributed by atoms with Crippen molar-refractivity contribution in [2.75, 3.05) is 20.6 Å². The Labute approximate surface area is 129 Å². The molecule has 112 valence electrons. The third-order valence-corrected chi connectivity index (χ3v) is 4.96. The molecule has 4 nitrogen and oxygen atoms in total. The molecule has 0 fully saturated rings. The monoisotopic (exact) mass is 290 g/mol. The van der Waals surface area contributed by atoms with Crippen LogP contribution in [0, 0.1) is 0 Å². The van der Waals surface area contributed by atoms with Crippen molar-refractivity contribution < 1.29 is 18.7 Å². The first kappa shape index (κ1) is 10.2. The van der Waals surface area contributed by atoms with E-state index in [9.17, 15) is 5.11 Å². The number of hydrogen-bond donors (Lipinski definition) is 1. The molecular weight excluding hydrogens is 266 g/mol. The Bertz CT molecular complexity index is 703. The van der Waals surface area contributed by atoms with Crippen LogP contribution in [0.3, 0.4) is 0 Å². The zero-order valence-electron chi connectivity index (χ0n) is 15.0. The number of hydrogen-bond acceptors (Lipinski definition) is 4. The average molecular weight is 290 g/mol. The van der Waals surface area contributed by atoms with Crippen molar-refractivity contribution in [2.45, 2.75) is 37.0 Å². The van der Waals surface area contributed by atoms with Gasteiger partial charge in [0.25, 0.3) is 0 Å². The second-order valence-electron chi connectivity index (χ2n) is 6.11. The summed E-state index contributed by atoms with van der Waals surface area (Å²) in [6, 6.07) is 3.77. The summed E-state index contributed by atoms with van der Waals surface area (Å²) in [5.41, 5.74) is 1.60. The Kier molecular flexibility index (Phi) is 2.19. The van der Waals surface area contributed by atoms with E-state index in [0.717, 1.165) is 11.1 Å². The maximum atomic E-state index is 10.0. The van der Waals surface area contributed by atoms with E-state index in [1.54, 1.807) is 7.11 Å². The maximum Gasteiger partial charge on any atom is 0.166 e. The van der Waals surface area contributed by atoms with Gasteiger partial charge in [0.1, 0.15) is 6.10 Å². The van der Waals surface area contributed by atoms with E-state index in [1.165, 1.54) is 4.90 Å². The van der Waals surface area contributed by atoms with Crippen LogP contribution in [-0.2, 0) is 12.0 Å². The van der Waals surface area contributed by atoms with Crippen LogP contribution >= 0.6 is 0 Å². The van der Waals surface area contributed by atoms with E-state index >= 15 is 0 Å². The number of benzene rings is 1. The highest BCUT2D eigenvalue weighted by Gasteiger charge is 2.52. The van der Waals surface area contributed by atoms with Gasteiger partial charge < -0.3 is 19.5 Å². The summed E-state index contributed by atoms with van der Waals surface area (Å²) in [4.78, 5) is 1.54. The van der Waals surface area contributed by atoms with E-state index in [1.807, 2.05) is 24.3 Å². The fourth-order valence-electron chi connectivity index (χ4n) is 3.94. The summed E-state index contributed by atoms with van der Waals surface area (Å²) in [5, 5.41) is 10.0. The van der Waals surface area contributed by atoms with Gasteiger partial charge in [-0.3, -0.25) is 0 Å². The first-order valence-corrected chi connectivity index (χ1v) is 7.34. The smallest absolute Gasteiger partial charge is 0.166 e. The van der Waals surface area contributed by atoms with Crippen molar-refractivity contribution >= 4 is 0 Å². The molecule has 2 heterocycles. The molecule has 2 aliphatic heterocycles. The molecule has 0 bridgehead atoms. The highest BCUT2D eigenvalue weighted by atomic mass is 16.5. The predicted molar refractivity (Wildman–Crippen MR) is 79.8 cm³/mol. The normalized spacial score (nSPS) is 36.6. The number of ether oxygens (including phenoxy) is 2. The van der Waals surface area contributed by atoms with Crippen LogP contribution in [0.25, 0.3) is 0 Å². The quantitative estimate of drug-likeness (QED) is 0.802. The molecule has 0 saturated heterocycles. The largest absolute Gasteiger partial charge is 0.493 e. The summed E-state index contributed by atoms with van der Waals surface area (Å²) >= 11 is 0. The first-order valence-electron chi connectivity index (χ1n) is 8.84. The third kappa shape index (κ3) is 1.75. The molecule has 4 heteroatoms. The van der Waals surface area contributed by atoms with Crippen LogP contribution in [0.1, 0.15) is 28.1 Å². The van der Waals surface area contributed by atoms with Gasteiger partial charge >= 0.3 is 0 Å². The van der Waals surface area contributed by atoms with Crippen molar-refractivity contribution in [1.82, 2.24) is 4.90 Å². The summed E-state index contributed by atoms with van der Waals surface area (Å²) in [6.45, 7) is -1.32. The molecule has 1 aliphatic carbocycles. The van der Waals surface area contributed by atoms with E-state index in [0.29, 0.717) is 37.4 Å². The Morgan fingerprint density at radius 1 is 1.52 bits per heavy atom. The molecule has 3 atom stereocenters. The summed E-state index contributed by atoms with van der Waals surface area (Å²) < 4.78 is 35.0. The van der Waals surface area contributed by atoms with E-state index < -0.39 is 18.5 Å². The topological polar surface area (TPSA) is 41.9 Å². The number of methoxy groups -OCH3 is 1. The van der Waals surface area contributed by atoms with Crippen LogP contribution in [0.2, 0.25) is 0 Å². The molecule has 1 aromatic carbocycles. The first-order chi connectivity index (χ1) is 11.3. The molecule has 0 aromatic heterocycles. The molecular formula is C17H21NO3. The van der Waals surface area contributed by atoms with Crippen molar-refractivity contribution in [3.05, 3.63) is 35.4 Å². The fraction of sp³-hybridized carbons (Fsp3) is 0.529. The number of aliphatic hydroxyl groups is 1. The summed E-state index contributed by atoms with van der Waals surface area (Å²) in [5.74, 6) is 1.36. The molecule has 3 aliphatic rings. The van der Waals surface area contributed by atoms with Gasteiger partial charge in [-0.15, -0.1) is 0 Å². The number of nitrogens with zero attached hydrogens (tertiary/aromatic N) is 1. The predicted octanol–water partition coefficient (Wildman–Crippen LogP) is 1.85. The standard InChI is InChI=1S/C17H21NO3/c1-18-8-7-17-6-5-12(19)9-14(17)21-16-13(20-2)4-3-11(10-18)15(16)17/h3-6,12,14,19H,7-10H2,1-2H3/t12-,14-,17-/m0/s1/i1D3. The SMILES string of the molecule is [2H]C([2H])([2H])N1CC[C@@]23C=C[C@H](O)C[C@@H]2Oc2c(OC)ccc(c23)C1. The zero-order chi connectivity index (χ0) is 17.1. The average Bonchev–Trinajstić information content (AvgIpc) is 2.74. The maximum absolute atomic E-state index is 10.0. The van der Waals surface area contributed by atoms with Crippen molar-refractivity contribution in [3.8, 4) is 11.5 Å². The molecule has 21 heavy (non-hydrogen) atoms. The van der Waals surface area contributed by atoms with Gasteiger partial charge in [0, 0.05) is 22.6 Å². The Morgan fingerprint density at radius 3 is 3.24 bits per heavy atom. The van der Waals surface area contributed by atoms with Crippen molar-refractivity contribution in [2.24, 2.45) is 0 Å². The molecule has 4 rings (SSSR count). The zero-order valence-corrected chi connectivity index (χ0v) is 12.0. The van der Waals surface area contributed by atoms with Gasteiger partial charge in [-0.1, -0.05) is 18.2 Å². The Morgan fingerprint density at radius 2 is 2.43 bits per heavy atom. The highest BCUT2D eigenvalue weighted by molar-refractivity contribution is 5.60. The van der Waals surface area contributed by atoms with Gasteiger partial charge in [0.2, 0.25) is 0 Å². The second-order valence-corrected chi connectivity index (χ2v) is 6.11. The molecule has 0 saturated carbocycles.